The average molecular weight is 235 g/mol. The molecule has 0 saturated heterocycles. The molecule has 1 aromatic rings. The number of hydrogen-bond donors (Lipinski definition) is 2. The van der Waals surface area contributed by atoms with Gasteiger partial charge < -0.3 is 10.4 Å². The van der Waals surface area contributed by atoms with Gasteiger partial charge in [0.2, 0.25) is 5.91 Å². The Labute approximate surface area is 103 Å². The van der Waals surface area contributed by atoms with E-state index >= 15 is 0 Å². The Morgan fingerprint density at radius 1 is 1.41 bits per heavy atom. The number of carbonyl (C=O) groups excluding carboxylic acids is 1. The van der Waals surface area contributed by atoms with Crippen molar-refractivity contribution in [2.45, 2.75) is 32.6 Å². The lowest BCUT2D eigenvalue weighted by molar-refractivity contribution is -0.121. The van der Waals surface area contributed by atoms with Gasteiger partial charge in [-0.25, -0.2) is 0 Å². The second-order valence-corrected chi connectivity index (χ2v) is 4.39. The van der Waals surface area contributed by atoms with Crippen LogP contribution in [-0.4, -0.2) is 24.2 Å². The average Bonchev–Trinajstić information content (AvgIpc) is 2.29. The third-order valence-electron chi connectivity index (χ3n) is 2.87. The summed E-state index contributed by atoms with van der Waals surface area (Å²) < 4.78 is 0. The van der Waals surface area contributed by atoms with Gasteiger partial charge in [-0.1, -0.05) is 31.2 Å². The summed E-state index contributed by atoms with van der Waals surface area (Å²) >= 11 is 0. The fourth-order valence-electron chi connectivity index (χ4n) is 1.91. The second kappa shape index (κ2) is 7.07. The standard InChI is InChI=1S/C14H21NO2/c1-11-6-3-4-7-13(11)12(2)10-14(17)15-8-5-9-16/h3-4,6-7,12,16H,5,8-10H2,1-2H3,(H,15,17). The number of hydrogen-bond acceptors (Lipinski definition) is 2. The van der Waals surface area contributed by atoms with Gasteiger partial charge in [0.15, 0.2) is 0 Å². The van der Waals surface area contributed by atoms with Gasteiger partial charge in [0, 0.05) is 19.6 Å². The topological polar surface area (TPSA) is 49.3 Å². The largest absolute Gasteiger partial charge is 0.396 e. The molecule has 17 heavy (non-hydrogen) atoms. The highest BCUT2D eigenvalue weighted by Gasteiger charge is 2.12. The summed E-state index contributed by atoms with van der Waals surface area (Å²) in [6.45, 7) is 4.80. The van der Waals surface area contributed by atoms with Crippen LogP contribution >= 0.6 is 0 Å². The van der Waals surface area contributed by atoms with E-state index in [1.54, 1.807) is 0 Å². The van der Waals surface area contributed by atoms with Gasteiger partial charge in [0.25, 0.3) is 0 Å². The lowest BCUT2D eigenvalue weighted by Gasteiger charge is -2.14. The summed E-state index contributed by atoms with van der Waals surface area (Å²) in [4.78, 5) is 11.6. The van der Waals surface area contributed by atoms with Crippen LogP contribution in [0.5, 0.6) is 0 Å². The van der Waals surface area contributed by atoms with Crippen LogP contribution in [0.2, 0.25) is 0 Å². The summed E-state index contributed by atoms with van der Waals surface area (Å²) in [5.41, 5.74) is 2.45. The number of carbonyl (C=O) groups is 1. The molecule has 0 aliphatic rings. The number of aryl methyl sites for hydroxylation is 1. The molecule has 0 radical (unpaired) electrons. The molecule has 0 bridgehead atoms. The quantitative estimate of drug-likeness (QED) is 0.741. The van der Waals surface area contributed by atoms with Crippen LogP contribution in [0.4, 0.5) is 0 Å². The zero-order valence-electron chi connectivity index (χ0n) is 10.6. The van der Waals surface area contributed by atoms with Crippen molar-refractivity contribution in [3.8, 4) is 0 Å². The molecule has 0 heterocycles. The van der Waals surface area contributed by atoms with Crippen molar-refractivity contribution in [3.63, 3.8) is 0 Å². The summed E-state index contributed by atoms with van der Waals surface area (Å²) in [6, 6.07) is 8.14. The molecule has 0 spiro atoms. The van der Waals surface area contributed by atoms with Gasteiger partial charge >= 0.3 is 0 Å². The maximum absolute atomic E-state index is 11.6. The van der Waals surface area contributed by atoms with Crippen LogP contribution in [0.1, 0.15) is 36.8 Å². The first-order valence-electron chi connectivity index (χ1n) is 6.08. The molecule has 1 atom stereocenters. The zero-order chi connectivity index (χ0) is 12.7. The van der Waals surface area contributed by atoms with Crippen LogP contribution in [-0.2, 0) is 4.79 Å². The third kappa shape index (κ3) is 4.57. The highest BCUT2D eigenvalue weighted by atomic mass is 16.3. The Morgan fingerprint density at radius 3 is 2.76 bits per heavy atom. The Balaban J connectivity index is 2.46. The van der Waals surface area contributed by atoms with Gasteiger partial charge in [-0.05, 0) is 30.4 Å². The predicted molar refractivity (Wildman–Crippen MR) is 68.9 cm³/mol. The summed E-state index contributed by atoms with van der Waals surface area (Å²) in [6.07, 6.45) is 1.11. The van der Waals surface area contributed by atoms with E-state index in [4.69, 9.17) is 5.11 Å². The van der Waals surface area contributed by atoms with Gasteiger partial charge in [-0.15, -0.1) is 0 Å². The van der Waals surface area contributed by atoms with Crippen LogP contribution in [0.25, 0.3) is 0 Å². The number of benzene rings is 1. The summed E-state index contributed by atoms with van der Waals surface area (Å²) in [5.74, 6) is 0.277. The van der Waals surface area contributed by atoms with Crippen molar-refractivity contribution in [2.24, 2.45) is 0 Å². The van der Waals surface area contributed by atoms with Crippen molar-refractivity contribution in [3.05, 3.63) is 35.4 Å². The van der Waals surface area contributed by atoms with Gasteiger partial charge in [0.05, 0.1) is 0 Å². The van der Waals surface area contributed by atoms with E-state index in [-0.39, 0.29) is 18.4 Å². The molecule has 0 fully saturated rings. The molecule has 0 aromatic heterocycles. The maximum Gasteiger partial charge on any atom is 0.220 e. The number of aliphatic hydroxyl groups is 1. The van der Waals surface area contributed by atoms with Crippen molar-refractivity contribution < 1.29 is 9.90 Å². The highest BCUT2D eigenvalue weighted by molar-refractivity contribution is 5.76. The maximum atomic E-state index is 11.6. The highest BCUT2D eigenvalue weighted by Crippen LogP contribution is 2.21. The smallest absolute Gasteiger partial charge is 0.220 e. The first-order chi connectivity index (χ1) is 8.15. The monoisotopic (exact) mass is 235 g/mol. The van der Waals surface area contributed by atoms with Crippen molar-refractivity contribution in [2.75, 3.05) is 13.2 Å². The number of nitrogens with one attached hydrogen (secondary N) is 1. The Bertz CT molecular complexity index is 363. The molecule has 94 valence electrons. The van der Waals surface area contributed by atoms with E-state index < -0.39 is 0 Å². The predicted octanol–water partition coefficient (Wildman–Crippen LogP) is 1.99. The lowest BCUT2D eigenvalue weighted by Crippen LogP contribution is -2.26. The number of aliphatic hydroxyl groups excluding tert-OH is 1. The first-order valence-corrected chi connectivity index (χ1v) is 6.08. The number of rotatable bonds is 6. The molecule has 0 saturated carbocycles. The molecule has 1 aromatic carbocycles. The van der Waals surface area contributed by atoms with E-state index in [0.717, 1.165) is 0 Å². The fraction of sp³-hybridized carbons (Fsp3) is 0.500. The molecule has 3 nitrogen and oxygen atoms in total. The Morgan fingerprint density at radius 2 is 2.12 bits per heavy atom. The van der Waals surface area contributed by atoms with E-state index in [0.29, 0.717) is 19.4 Å². The Hall–Kier alpha value is -1.35. The Kier molecular flexibility index (Phi) is 5.70. The van der Waals surface area contributed by atoms with Crippen LogP contribution in [0.15, 0.2) is 24.3 Å². The van der Waals surface area contributed by atoms with Crippen LogP contribution < -0.4 is 5.32 Å². The third-order valence-corrected chi connectivity index (χ3v) is 2.87. The SMILES string of the molecule is Cc1ccccc1C(C)CC(=O)NCCCO. The minimum absolute atomic E-state index is 0.0502. The summed E-state index contributed by atoms with van der Waals surface area (Å²) in [7, 11) is 0. The van der Waals surface area contributed by atoms with Crippen LogP contribution in [0, 0.1) is 6.92 Å². The molecule has 0 aliphatic heterocycles. The van der Waals surface area contributed by atoms with Crippen molar-refractivity contribution in [1.29, 1.82) is 0 Å². The minimum atomic E-state index is 0.0502. The molecule has 1 unspecified atom stereocenters. The molecule has 1 amide bonds. The molecule has 2 N–H and O–H groups in total. The van der Waals surface area contributed by atoms with Crippen LogP contribution in [0.3, 0.4) is 0 Å². The summed E-state index contributed by atoms with van der Waals surface area (Å²) in [5, 5.41) is 11.4. The van der Waals surface area contributed by atoms with E-state index in [9.17, 15) is 4.79 Å². The van der Waals surface area contributed by atoms with Crippen molar-refractivity contribution >= 4 is 5.91 Å². The molecule has 0 aliphatic carbocycles. The van der Waals surface area contributed by atoms with Gasteiger partial charge in [-0.2, -0.15) is 0 Å². The minimum Gasteiger partial charge on any atom is -0.396 e. The normalized spacial score (nSPS) is 12.2. The van der Waals surface area contributed by atoms with E-state index in [1.165, 1.54) is 11.1 Å². The molecule has 3 heteroatoms. The van der Waals surface area contributed by atoms with Gasteiger partial charge in [0.1, 0.15) is 0 Å². The molecular formula is C14H21NO2. The lowest BCUT2D eigenvalue weighted by atomic mass is 9.93. The molecule has 1 rings (SSSR count). The van der Waals surface area contributed by atoms with Gasteiger partial charge in [-0.3, -0.25) is 4.79 Å². The zero-order valence-corrected chi connectivity index (χ0v) is 10.6. The number of amides is 1. The van der Waals surface area contributed by atoms with E-state index in [1.807, 2.05) is 12.1 Å². The molecular weight excluding hydrogens is 214 g/mol. The van der Waals surface area contributed by atoms with Crippen molar-refractivity contribution in [1.82, 2.24) is 5.32 Å². The second-order valence-electron chi connectivity index (χ2n) is 4.39. The first kappa shape index (κ1) is 13.7. The fourth-order valence-corrected chi connectivity index (χ4v) is 1.91. The van der Waals surface area contributed by atoms with E-state index in [2.05, 4.69) is 31.3 Å².